The zero-order valence-electron chi connectivity index (χ0n) is 14.1. The number of nitrogens with one attached hydrogen (secondary N) is 1. The van der Waals surface area contributed by atoms with Gasteiger partial charge in [0.25, 0.3) is 0 Å². The number of nitrogens with zero attached hydrogens (tertiary/aromatic N) is 1. The van der Waals surface area contributed by atoms with E-state index in [4.69, 9.17) is 9.47 Å². The van der Waals surface area contributed by atoms with E-state index in [1.807, 2.05) is 17.0 Å². The number of morpholine rings is 1. The first kappa shape index (κ1) is 17.6. The van der Waals surface area contributed by atoms with Crippen LogP contribution in [-0.4, -0.2) is 57.8 Å². The Morgan fingerprint density at radius 2 is 1.83 bits per heavy atom. The van der Waals surface area contributed by atoms with E-state index in [1.165, 1.54) is 0 Å². The van der Waals surface area contributed by atoms with Crippen molar-refractivity contribution in [1.29, 1.82) is 0 Å². The lowest BCUT2D eigenvalue weighted by atomic mass is 9.81. The molecule has 6 heteroatoms. The summed E-state index contributed by atoms with van der Waals surface area (Å²) < 4.78 is 25.1. The van der Waals surface area contributed by atoms with Crippen LogP contribution >= 0.6 is 0 Å². The fourth-order valence-corrected chi connectivity index (χ4v) is 3.39. The van der Waals surface area contributed by atoms with Gasteiger partial charge in [-0.2, -0.15) is 0 Å². The van der Waals surface area contributed by atoms with Gasteiger partial charge in [-0.1, -0.05) is 6.07 Å². The predicted molar refractivity (Wildman–Crippen MR) is 90.7 cm³/mol. The van der Waals surface area contributed by atoms with Crippen molar-refractivity contribution in [1.82, 2.24) is 5.32 Å². The average Bonchev–Trinajstić information content (AvgIpc) is 2.63. The van der Waals surface area contributed by atoms with Crippen LogP contribution in [0.5, 0.6) is 0 Å². The topological polar surface area (TPSA) is 54.0 Å². The summed E-state index contributed by atoms with van der Waals surface area (Å²) in [5.41, 5.74) is 1.47. The summed E-state index contributed by atoms with van der Waals surface area (Å²) in [6, 6.07) is 5.43. The fourth-order valence-electron chi connectivity index (χ4n) is 3.39. The summed E-state index contributed by atoms with van der Waals surface area (Å²) in [6.45, 7) is 5.64. The molecular weight excluding hydrogens is 311 g/mol. The van der Waals surface area contributed by atoms with E-state index in [9.17, 15) is 9.50 Å². The maximum atomic E-state index is 14.4. The van der Waals surface area contributed by atoms with Crippen LogP contribution in [0.15, 0.2) is 18.2 Å². The SMILES string of the molecule is OCC1(CNCc2ccc(N3CCOCC3)c(F)c2)CCOCC1. The van der Waals surface area contributed by atoms with Gasteiger partial charge >= 0.3 is 0 Å². The molecule has 1 aromatic carbocycles. The summed E-state index contributed by atoms with van der Waals surface area (Å²) >= 11 is 0. The molecule has 2 aliphatic heterocycles. The van der Waals surface area contributed by atoms with Gasteiger partial charge in [-0.3, -0.25) is 0 Å². The Morgan fingerprint density at radius 3 is 2.50 bits per heavy atom. The predicted octanol–water partition coefficient (Wildman–Crippen LogP) is 1.54. The molecule has 2 heterocycles. The van der Waals surface area contributed by atoms with E-state index in [0.29, 0.717) is 38.7 Å². The number of rotatable bonds is 6. The number of benzene rings is 1. The molecule has 2 saturated heterocycles. The number of aliphatic hydroxyl groups is 1. The van der Waals surface area contributed by atoms with Gasteiger partial charge in [0.2, 0.25) is 0 Å². The molecule has 0 atom stereocenters. The minimum atomic E-state index is -0.181. The second kappa shape index (κ2) is 8.25. The van der Waals surface area contributed by atoms with Crippen molar-refractivity contribution in [2.24, 2.45) is 5.41 Å². The lowest BCUT2D eigenvalue weighted by Crippen LogP contribution is -2.41. The van der Waals surface area contributed by atoms with Gasteiger partial charge in [0.05, 0.1) is 25.5 Å². The van der Waals surface area contributed by atoms with E-state index >= 15 is 0 Å². The number of hydrogen-bond donors (Lipinski definition) is 2. The van der Waals surface area contributed by atoms with Crippen molar-refractivity contribution in [3.05, 3.63) is 29.6 Å². The Kier molecular flexibility index (Phi) is 6.05. The third kappa shape index (κ3) is 4.25. The smallest absolute Gasteiger partial charge is 0.146 e. The van der Waals surface area contributed by atoms with Crippen LogP contribution in [0.4, 0.5) is 10.1 Å². The van der Waals surface area contributed by atoms with Crippen molar-refractivity contribution >= 4 is 5.69 Å². The molecule has 0 bridgehead atoms. The van der Waals surface area contributed by atoms with Gasteiger partial charge in [-0.05, 0) is 30.5 Å². The first-order valence-corrected chi connectivity index (χ1v) is 8.73. The van der Waals surface area contributed by atoms with Gasteiger partial charge in [0, 0.05) is 44.8 Å². The lowest BCUT2D eigenvalue weighted by Gasteiger charge is -2.35. The van der Waals surface area contributed by atoms with Crippen molar-refractivity contribution in [2.75, 3.05) is 57.6 Å². The molecule has 1 aromatic rings. The third-order valence-corrected chi connectivity index (χ3v) is 5.08. The molecule has 5 nitrogen and oxygen atoms in total. The molecule has 2 N–H and O–H groups in total. The van der Waals surface area contributed by atoms with Crippen LogP contribution < -0.4 is 10.2 Å². The summed E-state index contributed by atoms with van der Waals surface area (Å²) in [4.78, 5) is 2.03. The van der Waals surface area contributed by atoms with Gasteiger partial charge in [0.1, 0.15) is 5.82 Å². The molecule has 134 valence electrons. The first-order valence-electron chi connectivity index (χ1n) is 8.73. The molecule has 0 amide bonds. The monoisotopic (exact) mass is 338 g/mol. The van der Waals surface area contributed by atoms with Crippen LogP contribution in [0.25, 0.3) is 0 Å². The molecule has 0 radical (unpaired) electrons. The summed E-state index contributed by atoms with van der Waals surface area (Å²) in [6.07, 6.45) is 1.72. The molecule has 0 aliphatic carbocycles. The lowest BCUT2D eigenvalue weighted by molar-refractivity contribution is -0.0154. The van der Waals surface area contributed by atoms with E-state index in [1.54, 1.807) is 6.07 Å². The number of hydrogen-bond acceptors (Lipinski definition) is 5. The van der Waals surface area contributed by atoms with Crippen LogP contribution in [0.1, 0.15) is 18.4 Å². The summed E-state index contributed by atoms with van der Waals surface area (Å²) in [5.74, 6) is -0.181. The molecule has 24 heavy (non-hydrogen) atoms. The largest absolute Gasteiger partial charge is 0.396 e. The maximum Gasteiger partial charge on any atom is 0.146 e. The van der Waals surface area contributed by atoms with Gasteiger partial charge in [-0.15, -0.1) is 0 Å². The highest BCUT2D eigenvalue weighted by Gasteiger charge is 2.31. The van der Waals surface area contributed by atoms with E-state index in [0.717, 1.165) is 38.0 Å². The van der Waals surface area contributed by atoms with Crippen molar-refractivity contribution in [3.63, 3.8) is 0 Å². The Labute approximate surface area is 142 Å². The van der Waals surface area contributed by atoms with Gasteiger partial charge in [-0.25, -0.2) is 4.39 Å². The molecule has 2 fully saturated rings. The van der Waals surface area contributed by atoms with Crippen molar-refractivity contribution < 1.29 is 19.0 Å². The Hall–Kier alpha value is -1.21. The molecular formula is C18H27FN2O3. The van der Waals surface area contributed by atoms with Crippen molar-refractivity contribution in [3.8, 4) is 0 Å². The Bertz CT molecular complexity index is 529. The summed E-state index contributed by atoms with van der Waals surface area (Å²) in [7, 11) is 0. The zero-order valence-corrected chi connectivity index (χ0v) is 14.1. The van der Waals surface area contributed by atoms with E-state index < -0.39 is 0 Å². The fraction of sp³-hybridized carbons (Fsp3) is 0.667. The van der Waals surface area contributed by atoms with Gasteiger partial charge in [0.15, 0.2) is 0 Å². The highest BCUT2D eigenvalue weighted by atomic mass is 19.1. The Morgan fingerprint density at radius 1 is 1.12 bits per heavy atom. The normalized spacial score (nSPS) is 21.0. The average molecular weight is 338 g/mol. The minimum Gasteiger partial charge on any atom is -0.396 e. The highest BCUT2D eigenvalue weighted by molar-refractivity contribution is 5.49. The first-order chi connectivity index (χ1) is 11.7. The number of halogens is 1. The number of aliphatic hydroxyl groups excluding tert-OH is 1. The molecule has 0 aromatic heterocycles. The highest BCUT2D eigenvalue weighted by Crippen LogP contribution is 2.29. The zero-order chi connectivity index (χ0) is 16.8. The van der Waals surface area contributed by atoms with Crippen LogP contribution in [0.2, 0.25) is 0 Å². The van der Waals surface area contributed by atoms with E-state index in [-0.39, 0.29) is 17.8 Å². The summed E-state index contributed by atoms with van der Waals surface area (Å²) in [5, 5.41) is 13.1. The quantitative estimate of drug-likeness (QED) is 0.824. The number of ether oxygens (including phenoxy) is 2. The molecule has 0 saturated carbocycles. The second-order valence-corrected chi connectivity index (χ2v) is 6.76. The standard InChI is InChI=1S/C18H27FN2O3/c19-16-11-15(1-2-17(16)21-5-9-24-10-6-21)12-20-13-18(14-22)3-7-23-8-4-18/h1-2,11,20,22H,3-10,12-14H2. The molecule has 0 unspecified atom stereocenters. The molecule has 2 aliphatic rings. The van der Waals surface area contributed by atoms with E-state index in [2.05, 4.69) is 5.32 Å². The van der Waals surface area contributed by atoms with Crippen LogP contribution in [0, 0.1) is 11.2 Å². The molecule has 0 spiro atoms. The number of anilines is 1. The third-order valence-electron chi connectivity index (χ3n) is 5.08. The Balaban J connectivity index is 1.54. The van der Waals surface area contributed by atoms with Crippen molar-refractivity contribution in [2.45, 2.75) is 19.4 Å². The second-order valence-electron chi connectivity index (χ2n) is 6.76. The maximum absolute atomic E-state index is 14.4. The minimum absolute atomic E-state index is 0.107. The van der Waals surface area contributed by atoms with Crippen LogP contribution in [0.3, 0.4) is 0 Å². The van der Waals surface area contributed by atoms with Crippen LogP contribution in [-0.2, 0) is 16.0 Å². The molecule has 3 rings (SSSR count). The van der Waals surface area contributed by atoms with Gasteiger partial charge < -0.3 is 24.8 Å².